The standard InChI is InChI=1S/C22H24ClF2N3O/c1-4-10-28-19-11-15(23)8-9-18(19)26-20(28)13-27(12-14(2)3)22(29)16-6-5-7-17(24)21(16)25/h5-9,11,14H,4,10,12-13H2,1-3H3. The average Bonchev–Trinajstić information content (AvgIpc) is 2.99. The molecule has 3 aromatic rings. The predicted molar refractivity (Wildman–Crippen MR) is 111 cm³/mol. The molecular weight excluding hydrogens is 396 g/mol. The number of halogens is 3. The normalized spacial score (nSPS) is 11.4. The van der Waals surface area contributed by atoms with E-state index >= 15 is 0 Å². The van der Waals surface area contributed by atoms with Gasteiger partial charge in [0.15, 0.2) is 11.6 Å². The molecule has 1 heterocycles. The van der Waals surface area contributed by atoms with Crippen LogP contribution in [0, 0.1) is 17.6 Å². The van der Waals surface area contributed by atoms with Crippen LogP contribution in [0.4, 0.5) is 8.78 Å². The van der Waals surface area contributed by atoms with E-state index in [-0.39, 0.29) is 18.0 Å². The third-order valence-corrected chi connectivity index (χ3v) is 4.86. The summed E-state index contributed by atoms with van der Waals surface area (Å²) in [6.45, 7) is 7.29. The van der Waals surface area contributed by atoms with Gasteiger partial charge in [-0.05, 0) is 42.7 Å². The van der Waals surface area contributed by atoms with E-state index < -0.39 is 17.5 Å². The van der Waals surface area contributed by atoms with E-state index in [4.69, 9.17) is 11.6 Å². The van der Waals surface area contributed by atoms with Gasteiger partial charge in [-0.2, -0.15) is 0 Å². The van der Waals surface area contributed by atoms with Gasteiger partial charge in [-0.15, -0.1) is 0 Å². The van der Waals surface area contributed by atoms with E-state index in [1.807, 2.05) is 30.5 Å². The molecule has 154 valence electrons. The van der Waals surface area contributed by atoms with E-state index in [2.05, 4.69) is 11.9 Å². The minimum absolute atomic E-state index is 0.147. The van der Waals surface area contributed by atoms with Crippen LogP contribution in [0.25, 0.3) is 11.0 Å². The van der Waals surface area contributed by atoms with E-state index in [0.29, 0.717) is 23.9 Å². The Morgan fingerprint density at radius 1 is 1.24 bits per heavy atom. The number of carbonyl (C=O) groups is 1. The fourth-order valence-electron chi connectivity index (χ4n) is 3.41. The maximum absolute atomic E-state index is 14.2. The summed E-state index contributed by atoms with van der Waals surface area (Å²) >= 11 is 6.15. The van der Waals surface area contributed by atoms with Gasteiger partial charge < -0.3 is 9.47 Å². The van der Waals surface area contributed by atoms with E-state index in [9.17, 15) is 13.6 Å². The van der Waals surface area contributed by atoms with Crippen LogP contribution in [0.2, 0.25) is 5.02 Å². The molecule has 0 fully saturated rings. The van der Waals surface area contributed by atoms with Crippen molar-refractivity contribution in [3.63, 3.8) is 0 Å². The Bertz CT molecular complexity index is 1030. The lowest BCUT2D eigenvalue weighted by Crippen LogP contribution is -2.35. The number of fused-ring (bicyclic) bond motifs is 1. The average molecular weight is 420 g/mol. The van der Waals surface area contributed by atoms with Crippen LogP contribution < -0.4 is 0 Å². The minimum atomic E-state index is -1.12. The van der Waals surface area contributed by atoms with Crippen LogP contribution >= 0.6 is 11.6 Å². The molecule has 0 atom stereocenters. The molecule has 0 aliphatic carbocycles. The highest BCUT2D eigenvalue weighted by molar-refractivity contribution is 6.31. The second-order valence-corrected chi connectivity index (χ2v) is 7.93. The van der Waals surface area contributed by atoms with Crippen molar-refractivity contribution in [2.45, 2.75) is 40.3 Å². The molecule has 0 saturated carbocycles. The molecule has 0 saturated heterocycles. The molecule has 4 nitrogen and oxygen atoms in total. The quantitative estimate of drug-likeness (QED) is 0.494. The summed E-state index contributed by atoms with van der Waals surface area (Å²) in [6.07, 6.45) is 0.877. The maximum atomic E-state index is 14.2. The van der Waals surface area contributed by atoms with E-state index in [0.717, 1.165) is 23.5 Å². The van der Waals surface area contributed by atoms with Crippen LogP contribution in [0.5, 0.6) is 0 Å². The molecule has 0 radical (unpaired) electrons. The number of hydrogen-bond donors (Lipinski definition) is 0. The van der Waals surface area contributed by atoms with Crippen molar-refractivity contribution < 1.29 is 13.6 Å². The van der Waals surface area contributed by atoms with Gasteiger partial charge in [-0.1, -0.05) is 38.4 Å². The summed E-state index contributed by atoms with van der Waals surface area (Å²) in [7, 11) is 0. The summed E-state index contributed by atoms with van der Waals surface area (Å²) in [5, 5.41) is 0.609. The Morgan fingerprint density at radius 3 is 2.69 bits per heavy atom. The molecule has 1 amide bonds. The minimum Gasteiger partial charge on any atom is -0.331 e. The highest BCUT2D eigenvalue weighted by atomic mass is 35.5. The number of nitrogens with zero attached hydrogens (tertiary/aromatic N) is 3. The summed E-state index contributed by atoms with van der Waals surface area (Å²) in [6, 6.07) is 9.12. The maximum Gasteiger partial charge on any atom is 0.257 e. The van der Waals surface area contributed by atoms with Gasteiger partial charge in [-0.3, -0.25) is 4.79 Å². The van der Waals surface area contributed by atoms with Gasteiger partial charge in [0.2, 0.25) is 0 Å². The van der Waals surface area contributed by atoms with Gasteiger partial charge in [0, 0.05) is 18.1 Å². The molecule has 2 aromatic carbocycles. The fourth-order valence-corrected chi connectivity index (χ4v) is 3.58. The molecule has 7 heteroatoms. The van der Waals surface area contributed by atoms with Gasteiger partial charge >= 0.3 is 0 Å². The zero-order valence-electron chi connectivity index (χ0n) is 16.8. The number of rotatable bonds is 7. The van der Waals surface area contributed by atoms with E-state index in [1.54, 1.807) is 6.07 Å². The summed E-state index contributed by atoms with van der Waals surface area (Å²) in [5.41, 5.74) is 1.40. The first-order valence-electron chi connectivity index (χ1n) is 9.69. The van der Waals surface area contributed by atoms with Crippen molar-refractivity contribution in [3.8, 4) is 0 Å². The van der Waals surface area contributed by atoms with Gasteiger partial charge in [-0.25, -0.2) is 13.8 Å². The smallest absolute Gasteiger partial charge is 0.257 e. The van der Waals surface area contributed by atoms with Crippen LogP contribution in [-0.2, 0) is 13.1 Å². The largest absolute Gasteiger partial charge is 0.331 e. The molecule has 3 rings (SSSR count). The lowest BCUT2D eigenvalue weighted by atomic mass is 10.1. The first kappa shape index (κ1) is 21.2. The third-order valence-electron chi connectivity index (χ3n) is 4.62. The first-order valence-corrected chi connectivity index (χ1v) is 10.1. The van der Waals surface area contributed by atoms with Crippen LogP contribution in [0.3, 0.4) is 0 Å². The number of carbonyl (C=O) groups excluding carboxylic acids is 1. The third kappa shape index (κ3) is 4.58. The number of hydrogen-bond acceptors (Lipinski definition) is 2. The van der Waals surface area contributed by atoms with Crippen molar-refractivity contribution in [1.82, 2.24) is 14.5 Å². The zero-order chi connectivity index (χ0) is 21.1. The molecular formula is C22H24ClF2N3O. The second-order valence-electron chi connectivity index (χ2n) is 7.49. The van der Waals surface area contributed by atoms with Crippen LogP contribution in [0.1, 0.15) is 43.4 Å². The highest BCUT2D eigenvalue weighted by Gasteiger charge is 2.24. The van der Waals surface area contributed by atoms with Crippen LogP contribution in [0.15, 0.2) is 36.4 Å². The topological polar surface area (TPSA) is 38.1 Å². The zero-order valence-corrected chi connectivity index (χ0v) is 17.5. The van der Waals surface area contributed by atoms with Crippen molar-refractivity contribution in [3.05, 3.63) is 64.4 Å². The lowest BCUT2D eigenvalue weighted by molar-refractivity contribution is 0.0710. The van der Waals surface area contributed by atoms with Crippen molar-refractivity contribution in [2.75, 3.05) is 6.54 Å². The van der Waals surface area contributed by atoms with E-state index in [1.165, 1.54) is 17.0 Å². The molecule has 0 N–H and O–H groups in total. The molecule has 0 bridgehead atoms. The molecule has 0 unspecified atom stereocenters. The summed E-state index contributed by atoms with van der Waals surface area (Å²) < 4.78 is 29.9. The Balaban J connectivity index is 2.02. The summed E-state index contributed by atoms with van der Waals surface area (Å²) in [5.74, 6) is -1.87. The number of aromatic nitrogens is 2. The first-order chi connectivity index (χ1) is 13.8. The van der Waals surface area contributed by atoms with Gasteiger partial charge in [0.25, 0.3) is 5.91 Å². The number of aryl methyl sites for hydroxylation is 1. The van der Waals surface area contributed by atoms with Gasteiger partial charge in [0.05, 0.1) is 23.1 Å². The molecule has 1 aromatic heterocycles. The van der Waals surface area contributed by atoms with Crippen molar-refractivity contribution in [2.24, 2.45) is 5.92 Å². The SMILES string of the molecule is CCCn1c(CN(CC(C)C)C(=O)c2cccc(F)c2F)nc2ccc(Cl)cc21. The summed E-state index contributed by atoms with van der Waals surface area (Å²) in [4.78, 5) is 19.3. The van der Waals surface area contributed by atoms with Gasteiger partial charge in [0.1, 0.15) is 5.82 Å². The monoisotopic (exact) mass is 419 g/mol. The Labute approximate surface area is 174 Å². The Hall–Kier alpha value is -2.47. The number of amides is 1. The predicted octanol–water partition coefficient (Wildman–Crippen LogP) is 5.68. The van der Waals surface area contributed by atoms with Crippen molar-refractivity contribution in [1.29, 1.82) is 0 Å². The fraction of sp³-hybridized carbons (Fsp3) is 0.364. The molecule has 0 aliphatic rings. The molecule has 0 aliphatic heterocycles. The van der Waals surface area contributed by atoms with Crippen LogP contribution in [-0.4, -0.2) is 26.9 Å². The Morgan fingerprint density at radius 2 is 2.00 bits per heavy atom. The second kappa shape index (κ2) is 8.91. The number of benzene rings is 2. The van der Waals surface area contributed by atoms with Crippen molar-refractivity contribution >= 4 is 28.5 Å². The Kier molecular flexibility index (Phi) is 6.52. The number of imidazole rings is 1. The highest BCUT2D eigenvalue weighted by Crippen LogP contribution is 2.23. The lowest BCUT2D eigenvalue weighted by Gasteiger charge is -2.25. The molecule has 0 spiro atoms. The molecule has 29 heavy (non-hydrogen) atoms.